The Bertz CT molecular complexity index is 1140. The van der Waals surface area contributed by atoms with E-state index in [2.05, 4.69) is 21.7 Å². The summed E-state index contributed by atoms with van der Waals surface area (Å²) in [5.41, 5.74) is 1.63. The van der Waals surface area contributed by atoms with E-state index in [9.17, 15) is 15.0 Å². The average Bonchev–Trinajstić information content (AvgIpc) is 3.18. The molecule has 0 radical (unpaired) electrons. The predicted octanol–water partition coefficient (Wildman–Crippen LogP) is 2.61. The SMILES string of the molecule is CCn1ccc2c(-n3c(-c4ccc(O)cc4O)n[nH]c3=O)cccc21. The van der Waals surface area contributed by atoms with Crippen LogP contribution in [0.3, 0.4) is 0 Å². The number of hydrogen-bond donors (Lipinski definition) is 3. The molecule has 0 fully saturated rings. The second-order valence-corrected chi connectivity index (χ2v) is 5.70. The highest BCUT2D eigenvalue weighted by Crippen LogP contribution is 2.32. The molecule has 0 bridgehead atoms. The minimum atomic E-state index is -0.403. The Labute approximate surface area is 142 Å². The number of benzene rings is 2. The summed E-state index contributed by atoms with van der Waals surface area (Å²) < 4.78 is 3.51. The van der Waals surface area contributed by atoms with Gasteiger partial charge in [0.05, 0.1) is 16.8 Å². The summed E-state index contributed by atoms with van der Waals surface area (Å²) in [5.74, 6) is 0.0607. The molecule has 4 rings (SSSR count). The first kappa shape index (κ1) is 15.1. The molecule has 7 heteroatoms. The molecule has 0 aliphatic rings. The lowest BCUT2D eigenvalue weighted by atomic mass is 10.1. The number of phenols is 2. The highest BCUT2D eigenvalue weighted by molar-refractivity contribution is 5.89. The minimum absolute atomic E-state index is 0.0622. The number of aryl methyl sites for hydroxylation is 1. The molecule has 0 aliphatic carbocycles. The van der Waals surface area contributed by atoms with Crippen molar-refractivity contribution in [3.8, 4) is 28.6 Å². The smallest absolute Gasteiger partial charge is 0.348 e. The summed E-state index contributed by atoms with van der Waals surface area (Å²) >= 11 is 0. The van der Waals surface area contributed by atoms with E-state index in [0.717, 1.165) is 17.4 Å². The van der Waals surface area contributed by atoms with Crippen LogP contribution in [0, 0.1) is 0 Å². The molecule has 4 aromatic rings. The van der Waals surface area contributed by atoms with Crippen LogP contribution in [0.1, 0.15) is 6.92 Å². The van der Waals surface area contributed by atoms with Gasteiger partial charge in [-0.3, -0.25) is 0 Å². The van der Waals surface area contributed by atoms with Crippen molar-refractivity contribution in [1.29, 1.82) is 0 Å². The zero-order valence-corrected chi connectivity index (χ0v) is 13.5. The van der Waals surface area contributed by atoms with Gasteiger partial charge in [0.2, 0.25) is 0 Å². The lowest BCUT2D eigenvalue weighted by Gasteiger charge is -2.09. The Morgan fingerprint density at radius 1 is 1.16 bits per heavy atom. The van der Waals surface area contributed by atoms with Crippen molar-refractivity contribution in [2.24, 2.45) is 0 Å². The number of rotatable bonds is 3. The number of phenolic OH excluding ortho intramolecular Hbond substituents is 2. The lowest BCUT2D eigenvalue weighted by molar-refractivity contribution is 0.451. The van der Waals surface area contributed by atoms with E-state index in [4.69, 9.17) is 0 Å². The third kappa shape index (κ3) is 2.28. The third-order valence-corrected chi connectivity index (χ3v) is 4.27. The molecule has 3 N–H and O–H groups in total. The topological polar surface area (TPSA) is 96.1 Å². The van der Waals surface area contributed by atoms with Crippen molar-refractivity contribution in [2.45, 2.75) is 13.5 Å². The number of nitrogens with one attached hydrogen (secondary N) is 1. The first-order valence-electron chi connectivity index (χ1n) is 7.88. The molecule has 0 saturated carbocycles. The molecular formula is C18H16N4O3. The van der Waals surface area contributed by atoms with Crippen LogP contribution in [0.4, 0.5) is 0 Å². The second kappa shape index (κ2) is 5.55. The van der Waals surface area contributed by atoms with Gasteiger partial charge in [0.1, 0.15) is 11.5 Å². The van der Waals surface area contributed by atoms with Crippen LogP contribution in [-0.2, 0) is 6.54 Å². The van der Waals surface area contributed by atoms with Gasteiger partial charge in [-0.25, -0.2) is 14.5 Å². The Morgan fingerprint density at radius 3 is 2.76 bits per heavy atom. The Balaban J connectivity index is 2.01. The summed E-state index contributed by atoms with van der Waals surface area (Å²) in [5, 5.41) is 27.0. The fourth-order valence-electron chi connectivity index (χ4n) is 3.09. The molecule has 7 nitrogen and oxygen atoms in total. The summed E-state index contributed by atoms with van der Waals surface area (Å²) in [6, 6.07) is 11.8. The highest BCUT2D eigenvalue weighted by atomic mass is 16.3. The number of fused-ring (bicyclic) bond motifs is 1. The number of aromatic amines is 1. The normalized spacial score (nSPS) is 11.2. The molecule has 0 aliphatic heterocycles. The highest BCUT2D eigenvalue weighted by Gasteiger charge is 2.18. The average molecular weight is 336 g/mol. The summed E-state index contributed by atoms with van der Waals surface area (Å²) in [7, 11) is 0. The van der Waals surface area contributed by atoms with Crippen molar-refractivity contribution >= 4 is 10.9 Å². The van der Waals surface area contributed by atoms with Crippen molar-refractivity contribution in [1.82, 2.24) is 19.3 Å². The van der Waals surface area contributed by atoms with E-state index in [1.807, 2.05) is 30.5 Å². The molecule has 2 aromatic carbocycles. The van der Waals surface area contributed by atoms with Crippen molar-refractivity contribution in [3.05, 3.63) is 59.1 Å². The Morgan fingerprint density at radius 2 is 2.00 bits per heavy atom. The minimum Gasteiger partial charge on any atom is -0.508 e. The number of aromatic hydroxyl groups is 2. The molecular weight excluding hydrogens is 320 g/mol. The van der Waals surface area contributed by atoms with Crippen molar-refractivity contribution in [2.75, 3.05) is 0 Å². The number of H-pyrrole nitrogens is 1. The van der Waals surface area contributed by atoms with Gasteiger partial charge >= 0.3 is 5.69 Å². The maximum absolute atomic E-state index is 12.4. The molecule has 2 heterocycles. The van der Waals surface area contributed by atoms with Crippen LogP contribution in [0.2, 0.25) is 0 Å². The zero-order valence-electron chi connectivity index (χ0n) is 13.5. The summed E-state index contributed by atoms with van der Waals surface area (Å²) in [4.78, 5) is 12.4. The lowest BCUT2D eigenvalue weighted by Crippen LogP contribution is -2.16. The molecule has 0 atom stereocenters. The number of aromatic nitrogens is 4. The Kier molecular flexibility index (Phi) is 3.35. The van der Waals surface area contributed by atoms with Crippen LogP contribution in [-0.4, -0.2) is 29.5 Å². The van der Waals surface area contributed by atoms with E-state index in [1.54, 1.807) is 0 Å². The van der Waals surface area contributed by atoms with Crippen molar-refractivity contribution < 1.29 is 10.2 Å². The van der Waals surface area contributed by atoms with Gasteiger partial charge in [-0.1, -0.05) is 6.07 Å². The van der Waals surface area contributed by atoms with Crippen LogP contribution in [0.5, 0.6) is 11.5 Å². The first-order chi connectivity index (χ1) is 12.1. The standard InChI is InChI=1S/C18H16N4O3/c1-2-21-9-8-12-14(21)4-3-5-15(12)22-17(19-20-18(22)25)13-7-6-11(23)10-16(13)24/h3-10,23-24H,2H2,1H3,(H,20,25). The van der Waals surface area contributed by atoms with E-state index < -0.39 is 5.69 Å². The molecule has 2 aromatic heterocycles. The summed E-state index contributed by atoms with van der Waals surface area (Å²) in [6.45, 7) is 2.87. The largest absolute Gasteiger partial charge is 0.508 e. The quantitative estimate of drug-likeness (QED) is 0.536. The fraction of sp³-hybridized carbons (Fsp3) is 0.111. The molecule has 0 amide bonds. The van der Waals surface area contributed by atoms with Gasteiger partial charge in [0.25, 0.3) is 0 Å². The molecule has 126 valence electrons. The van der Waals surface area contributed by atoms with Gasteiger partial charge in [0.15, 0.2) is 5.82 Å². The van der Waals surface area contributed by atoms with Crippen molar-refractivity contribution in [3.63, 3.8) is 0 Å². The van der Waals surface area contributed by atoms with Crippen LogP contribution < -0.4 is 5.69 Å². The van der Waals surface area contributed by atoms with Gasteiger partial charge in [-0.05, 0) is 37.3 Å². The second-order valence-electron chi connectivity index (χ2n) is 5.70. The molecule has 0 unspecified atom stereocenters. The van der Waals surface area contributed by atoms with E-state index in [0.29, 0.717) is 11.3 Å². The molecule has 25 heavy (non-hydrogen) atoms. The predicted molar refractivity (Wildman–Crippen MR) is 94.1 cm³/mol. The van der Waals surface area contributed by atoms with Gasteiger partial charge in [-0.15, -0.1) is 0 Å². The number of nitrogens with zero attached hydrogens (tertiary/aromatic N) is 3. The van der Waals surface area contributed by atoms with Gasteiger partial charge in [-0.2, -0.15) is 5.10 Å². The zero-order chi connectivity index (χ0) is 17.6. The Hall–Kier alpha value is -3.48. The van der Waals surface area contributed by atoms with Gasteiger partial charge in [0, 0.05) is 24.2 Å². The fourth-order valence-corrected chi connectivity index (χ4v) is 3.09. The monoisotopic (exact) mass is 336 g/mol. The van der Waals surface area contributed by atoms with Crippen LogP contribution >= 0.6 is 0 Å². The van der Waals surface area contributed by atoms with E-state index >= 15 is 0 Å². The van der Waals surface area contributed by atoms with E-state index in [-0.39, 0.29) is 17.3 Å². The third-order valence-electron chi connectivity index (χ3n) is 4.27. The number of hydrogen-bond acceptors (Lipinski definition) is 4. The van der Waals surface area contributed by atoms with Gasteiger partial charge < -0.3 is 14.8 Å². The first-order valence-corrected chi connectivity index (χ1v) is 7.88. The van der Waals surface area contributed by atoms with Crippen LogP contribution in [0.15, 0.2) is 53.5 Å². The van der Waals surface area contributed by atoms with Crippen LogP contribution in [0.25, 0.3) is 28.0 Å². The summed E-state index contributed by atoms with van der Waals surface area (Å²) in [6.07, 6.45) is 1.97. The maximum atomic E-state index is 12.4. The molecule has 0 saturated heterocycles. The molecule has 0 spiro atoms. The maximum Gasteiger partial charge on any atom is 0.348 e. The van der Waals surface area contributed by atoms with E-state index in [1.165, 1.54) is 22.8 Å².